The minimum Gasteiger partial charge on any atom is -0.377 e. The Morgan fingerprint density at radius 1 is 1.27 bits per heavy atom. The zero-order valence-corrected chi connectivity index (χ0v) is 14.0. The van der Waals surface area contributed by atoms with E-state index in [4.69, 9.17) is 4.74 Å². The van der Waals surface area contributed by atoms with Crippen molar-refractivity contribution in [2.24, 2.45) is 17.8 Å². The van der Waals surface area contributed by atoms with Gasteiger partial charge in [0.15, 0.2) is 0 Å². The van der Waals surface area contributed by atoms with Gasteiger partial charge >= 0.3 is 0 Å². The monoisotopic (exact) mass is 300 g/mol. The van der Waals surface area contributed by atoms with Crippen molar-refractivity contribution < 1.29 is 9.84 Å². The molecular formula is C20H28O2. The Labute approximate surface area is 134 Å². The maximum absolute atomic E-state index is 11.0. The summed E-state index contributed by atoms with van der Waals surface area (Å²) in [5, 5.41) is 11.0. The molecule has 1 aliphatic rings. The summed E-state index contributed by atoms with van der Waals surface area (Å²) in [4.78, 5) is 0. The van der Waals surface area contributed by atoms with E-state index in [1.165, 1.54) is 6.42 Å². The first-order valence-electron chi connectivity index (χ1n) is 8.35. The van der Waals surface area contributed by atoms with Crippen LogP contribution in [0.2, 0.25) is 0 Å². The molecule has 22 heavy (non-hydrogen) atoms. The highest BCUT2D eigenvalue weighted by Crippen LogP contribution is 2.40. The van der Waals surface area contributed by atoms with E-state index in [9.17, 15) is 5.11 Å². The maximum Gasteiger partial charge on any atom is 0.128 e. The van der Waals surface area contributed by atoms with Gasteiger partial charge in [0, 0.05) is 5.92 Å². The van der Waals surface area contributed by atoms with Gasteiger partial charge < -0.3 is 9.84 Å². The summed E-state index contributed by atoms with van der Waals surface area (Å²) >= 11 is 0. The van der Waals surface area contributed by atoms with Gasteiger partial charge in [-0.05, 0) is 30.2 Å². The summed E-state index contributed by atoms with van der Waals surface area (Å²) in [7, 11) is 0. The Hall–Kier alpha value is -1.30. The van der Waals surface area contributed by atoms with E-state index in [0.717, 1.165) is 18.4 Å². The second-order valence-electron chi connectivity index (χ2n) is 6.94. The molecule has 0 heterocycles. The Bertz CT molecular complexity index is 512. The van der Waals surface area contributed by atoms with Crippen LogP contribution in [-0.2, 0) is 11.3 Å². The summed E-state index contributed by atoms with van der Waals surface area (Å²) in [5.41, 5.74) is 0.302. The van der Waals surface area contributed by atoms with E-state index >= 15 is 0 Å². The Kier molecular flexibility index (Phi) is 6.06. The van der Waals surface area contributed by atoms with Crippen LogP contribution >= 0.6 is 0 Å². The predicted molar refractivity (Wildman–Crippen MR) is 90.2 cm³/mol. The highest BCUT2D eigenvalue weighted by atomic mass is 16.5. The molecule has 0 aromatic heterocycles. The summed E-state index contributed by atoms with van der Waals surface area (Å²) < 4.78 is 5.59. The Morgan fingerprint density at radius 2 is 2.00 bits per heavy atom. The molecule has 1 aliphatic carbocycles. The summed E-state index contributed by atoms with van der Waals surface area (Å²) in [6.07, 6.45) is 3.04. The van der Waals surface area contributed by atoms with Gasteiger partial charge in [-0.15, -0.1) is 0 Å². The van der Waals surface area contributed by atoms with Crippen LogP contribution in [0.15, 0.2) is 30.3 Å². The van der Waals surface area contributed by atoms with Crippen molar-refractivity contribution >= 4 is 0 Å². The fourth-order valence-corrected chi connectivity index (χ4v) is 3.50. The highest BCUT2D eigenvalue weighted by molar-refractivity contribution is 5.18. The number of hydrogen-bond acceptors (Lipinski definition) is 2. The smallest absolute Gasteiger partial charge is 0.128 e. The molecule has 3 atom stereocenters. The van der Waals surface area contributed by atoms with Crippen molar-refractivity contribution in [1.82, 2.24) is 0 Å². The van der Waals surface area contributed by atoms with Gasteiger partial charge in [0.05, 0.1) is 6.61 Å². The third-order valence-corrected chi connectivity index (χ3v) is 4.64. The molecule has 1 aromatic rings. The summed E-state index contributed by atoms with van der Waals surface area (Å²) in [5.74, 6) is 7.44. The Morgan fingerprint density at radius 3 is 2.68 bits per heavy atom. The van der Waals surface area contributed by atoms with E-state index in [2.05, 4.69) is 32.6 Å². The van der Waals surface area contributed by atoms with Crippen molar-refractivity contribution in [3.05, 3.63) is 35.9 Å². The molecule has 120 valence electrons. The fraction of sp³-hybridized carbons (Fsp3) is 0.600. The van der Waals surface area contributed by atoms with Crippen molar-refractivity contribution in [2.75, 3.05) is 6.61 Å². The predicted octanol–water partition coefficient (Wildman–Crippen LogP) is 4.03. The quantitative estimate of drug-likeness (QED) is 0.672. The molecular weight excluding hydrogens is 272 g/mol. The van der Waals surface area contributed by atoms with Crippen LogP contribution in [0, 0.1) is 29.6 Å². The van der Waals surface area contributed by atoms with Gasteiger partial charge in [-0.25, -0.2) is 0 Å². The van der Waals surface area contributed by atoms with Crippen LogP contribution in [0.25, 0.3) is 0 Å². The number of aliphatic hydroxyl groups is 1. The molecule has 1 saturated carbocycles. The molecule has 1 aromatic carbocycles. The second kappa shape index (κ2) is 7.81. The minimum atomic E-state index is -0.845. The lowest BCUT2D eigenvalue weighted by atomic mass is 9.67. The SMILES string of the molecule is CC(C)[C@@H]1CC[C@@H](C)C[C@@]1(O)C#CCOCc1ccccc1. The maximum atomic E-state index is 11.0. The van der Waals surface area contributed by atoms with E-state index in [1.807, 2.05) is 30.3 Å². The van der Waals surface area contributed by atoms with E-state index in [0.29, 0.717) is 25.0 Å². The molecule has 2 nitrogen and oxygen atoms in total. The van der Waals surface area contributed by atoms with Crippen molar-refractivity contribution in [3.63, 3.8) is 0 Å². The topological polar surface area (TPSA) is 29.5 Å². The summed E-state index contributed by atoms with van der Waals surface area (Å²) in [6, 6.07) is 10.1. The minimum absolute atomic E-state index is 0.269. The van der Waals surface area contributed by atoms with Crippen LogP contribution in [0.4, 0.5) is 0 Å². The Balaban J connectivity index is 1.90. The summed E-state index contributed by atoms with van der Waals surface area (Å²) in [6.45, 7) is 7.50. The fourth-order valence-electron chi connectivity index (χ4n) is 3.50. The van der Waals surface area contributed by atoms with Gasteiger partial charge in [-0.2, -0.15) is 0 Å². The molecule has 0 amide bonds. The number of ether oxygens (including phenoxy) is 1. The number of rotatable bonds is 4. The van der Waals surface area contributed by atoms with Gasteiger partial charge in [0.2, 0.25) is 0 Å². The third kappa shape index (κ3) is 4.60. The van der Waals surface area contributed by atoms with E-state index < -0.39 is 5.60 Å². The molecule has 2 rings (SSSR count). The molecule has 0 aliphatic heterocycles. The lowest BCUT2D eigenvalue weighted by Gasteiger charge is -2.41. The van der Waals surface area contributed by atoms with Crippen LogP contribution in [-0.4, -0.2) is 17.3 Å². The molecule has 0 spiro atoms. The lowest BCUT2D eigenvalue weighted by molar-refractivity contribution is -0.0328. The van der Waals surface area contributed by atoms with Crippen LogP contribution < -0.4 is 0 Å². The largest absolute Gasteiger partial charge is 0.377 e. The van der Waals surface area contributed by atoms with Crippen LogP contribution in [0.1, 0.15) is 45.6 Å². The van der Waals surface area contributed by atoms with Crippen LogP contribution in [0.3, 0.4) is 0 Å². The van der Waals surface area contributed by atoms with E-state index in [1.54, 1.807) is 0 Å². The van der Waals surface area contributed by atoms with Gasteiger partial charge in [0.1, 0.15) is 12.2 Å². The molecule has 1 fully saturated rings. The lowest BCUT2D eigenvalue weighted by Crippen LogP contribution is -2.44. The van der Waals surface area contributed by atoms with E-state index in [-0.39, 0.29) is 5.92 Å². The van der Waals surface area contributed by atoms with Crippen molar-refractivity contribution in [2.45, 2.75) is 52.2 Å². The third-order valence-electron chi connectivity index (χ3n) is 4.64. The molecule has 0 bridgehead atoms. The normalized spacial score (nSPS) is 28.2. The van der Waals surface area contributed by atoms with Crippen LogP contribution in [0.5, 0.6) is 0 Å². The van der Waals surface area contributed by atoms with Gasteiger partial charge in [-0.1, -0.05) is 69.4 Å². The molecule has 0 radical (unpaired) electrons. The number of benzene rings is 1. The zero-order valence-electron chi connectivity index (χ0n) is 14.0. The first-order chi connectivity index (χ1) is 10.5. The van der Waals surface area contributed by atoms with Crippen molar-refractivity contribution in [3.8, 4) is 11.8 Å². The highest BCUT2D eigenvalue weighted by Gasteiger charge is 2.41. The molecule has 2 heteroatoms. The first-order valence-corrected chi connectivity index (χ1v) is 8.35. The average molecular weight is 300 g/mol. The van der Waals surface area contributed by atoms with Gasteiger partial charge in [0.25, 0.3) is 0 Å². The van der Waals surface area contributed by atoms with Crippen molar-refractivity contribution in [1.29, 1.82) is 0 Å². The standard InChI is InChI=1S/C20H28O2/c1-16(2)19-11-10-17(3)14-20(19,21)12-7-13-22-15-18-8-5-4-6-9-18/h4-6,8-9,16-17,19,21H,10-11,13-15H2,1-3H3/t17-,19+,20+/m1/s1. The molecule has 0 unspecified atom stereocenters. The first kappa shape index (κ1) is 17.1. The molecule has 1 N–H and O–H groups in total. The molecule has 0 saturated heterocycles. The number of hydrogen-bond donors (Lipinski definition) is 1. The second-order valence-corrected chi connectivity index (χ2v) is 6.94. The zero-order chi connectivity index (χ0) is 16.0. The van der Waals surface area contributed by atoms with Gasteiger partial charge in [-0.3, -0.25) is 0 Å². The average Bonchev–Trinajstić information content (AvgIpc) is 2.47.